The molecule has 4 aromatic carbocycles. The van der Waals surface area contributed by atoms with Gasteiger partial charge in [-0.2, -0.15) is 0 Å². The van der Waals surface area contributed by atoms with Crippen molar-refractivity contribution in [2.24, 2.45) is 0 Å². The van der Waals surface area contributed by atoms with E-state index in [1.54, 1.807) is 20.8 Å². The second kappa shape index (κ2) is 16.8. The third-order valence-electron chi connectivity index (χ3n) is 9.03. The van der Waals surface area contributed by atoms with Gasteiger partial charge < -0.3 is 30.3 Å². The topological polar surface area (TPSA) is 154 Å². The third-order valence-corrected chi connectivity index (χ3v) is 14.8. The van der Waals surface area contributed by atoms with Crippen LogP contribution in [0.5, 0.6) is 11.5 Å². The third kappa shape index (κ3) is 8.23. The normalized spacial score (nSPS) is 17.3. The summed E-state index contributed by atoms with van der Waals surface area (Å²) >= 11 is 1.38. The van der Waals surface area contributed by atoms with Crippen molar-refractivity contribution >= 4 is 82.8 Å². The van der Waals surface area contributed by atoms with Gasteiger partial charge in [0.25, 0.3) is 5.91 Å². The number of rotatable bonds is 11. The van der Waals surface area contributed by atoms with Gasteiger partial charge in [-0.1, -0.05) is 60.7 Å². The number of carboxylic acid groups (broad SMARTS) is 1. The van der Waals surface area contributed by atoms with Gasteiger partial charge in [0.1, 0.15) is 51.9 Å². The molecule has 3 atom stereocenters. The molecule has 282 valence electrons. The summed E-state index contributed by atoms with van der Waals surface area (Å²) in [4.78, 5) is 55.1. The number of methoxy groups -OCH3 is 1. The lowest BCUT2D eigenvalue weighted by molar-refractivity contribution is -0.151. The van der Waals surface area contributed by atoms with E-state index in [1.807, 2.05) is 54.6 Å². The van der Waals surface area contributed by atoms with E-state index in [2.05, 4.69) is 47.0 Å². The number of hydrogen-bond acceptors (Lipinski definition) is 8. The highest BCUT2D eigenvalue weighted by Gasteiger charge is 2.56. The second-order valence-corrected chi connectivity index (χ2v) is 18.2. The summed E-state index contributed by atoms with van der Waals surface area (Å²) in [6, 6.07) is 32.0. The van der Waals surface area contributed by atoms with Crippen LogP contribution in [0.2, 0.25) is 0 Å². The fourth-order valence-corrected chi connectivity index (χ4v) is 12.5. The predicted octanol–water partition coefficient (Wildman–Crippen LogP) is 5.32. The molecule has 6 rings (SSSR count). The largest absolute Gasteiger partial charge is 0.504 e. The number of carboxylic acids is 1. The highest BCUT2D eigenvalue weighted by Crippen LogP contribution is 2.58. The number of aromatic hydroxyl groups is 1. The van der Waals surface area contributed by atoms with Gasteiger partial charge in [0.2, 0.25) is 5.91 Å². The first kappa shape index (κ1) is 40.6. The van der Waals surface area contributed by atoms with Crippen molar-refractivity contribution in [3.05, 3.63) is 126 Å². The Bertz CT molecular complexity index is 1950. The van der Waals surface area contributed by atoms with Crippen LogP contribution in [0.4, 0.5) is 4.79 Å². The number of ether oxygens (including phenoxy) is 2. The van der Waals surface area contributed by atoms with Crippen LogP contribution in [0.1, 0.15) is 32.4 Å². The number of nitrogens with zero attached hydrogens (tertiary/aromatic N) is 1. The molecule has 1 saturated heterocycles. The Balaban J connectivity index is 0.00000561. The van der Waals surface area contributed by atoms with Crippen LogP contribution >= 0.6 is 43.0 Å². The van der Waals surface area contributed by atoms with Crippen LogP contribution in [0.25, 0.3) is 0 Å². The number of nitrogens with one attached hydrogen (secondary N) is 2. The highest BCUT2D eigenvalue weighted by molar-refractivity contribution is 14.0. The van der Waals surface area contributed by atoms with Gasteiger partial charge in [-0.25, -0.2) is 9.59 Å². The Kier molecular flexibility index (Phi) is 12.7. The molecule has 2 heterocycles. The van der Waals surface area contributed by atoms with Crippen LogP contribution in [-0.4, -0.2) is 75.0 Å². The number of β-lactam (4-membered cyclic amide) rings is 1. The number of hydrogen-bond donors (Lipinski definition) is 4. The minimum Gasteiger partial charge on any atom is -0.504 e. The summed E-state index contributed by atoms with van der Waals surface area (Å²) < 4.78 is 10.6. The quantitative estimate of drug-likeness (QED) is 0.0892. The van der Waals surface area contributed by atoms with Crippen molar-refractivity contribution in [3.63, 3.8) is 0 Å². The van der Waals surface area contributed by atoms with Crippen molar-refractivity contribution in [1.82, 2.24) is 15.5 Å². The smallest absolute Gasteiger partial charge is 0.408 e. The lowest BCUT2D eigenvalue weighted by Crippen LogP contribution is -2.71. The number of aliphatic carboxylic acids is 1. The minimum atomic E-state index is -2.49. The molecule has 4 N–H and O–H groups in total. The van der Waals surface area contributed by atoms with Gasteiger partial charge in [0.15, 0.2) is 11.5 Å². The highest BCUT2D eigenvalue weighted by atomic mass is 127. The molecule has 3 amide bonds. The molecule has 2 aliphatic rings. The van der Waals surface area contributed by atoms with Gasteiger partial charge in [-0.05, 0) is 74.9 Å². The zero-order valence-corrected chi connectivity index (χ0v) is 34.1. The average Bonchev–Trinajstić information content (AvgIpc) is 3.15. The van der Waals surface area contributed by atoms with Crippen LogP contribution in [0, 0.1) is 0 Å². The minimum absolute atomic E-state index is 0. The first-order chi connectivity index (χ1) is 25.3. The van der Waals surface area contributed by atoms with Gasteiger partial charge in [0.05, 0.1) is 13.3 Å². The molecule has 0 saturated carbocycles. The molecule has 0 aromatic heterocycles. The zero-order valence-electron chi connectivity index (χ0n) is 30.1. The number of thioether (sulfide) groups is 1. The Labute approximate surface area is 335 Å². The Morgan fingerprint density at radius 2 is 1.44 bits per heavy atom. The number of benzene rings is 4. The van der Waals surface area contributed by atoms with Crippen molar-refractivity contribution < 1.29 is 38.9 Å². The van der Waals surface area contributed by atoms with Crippen molar-refractivity contribution in [2.45, 2.75) is 43.8 Å². The van der Waals surface area contributed by atoms with E-state index in [0.29, 0.717) is 17.5 Å². The van der Waals surface area contributed by atoms with Gasteiger partial charge in [-0.3, -0.25) is 14.5 Å². The van der Waals surface area contributed by atoms with Crippen LogP contribution in [-0.2, 0) is 19.1 Å². The number of carbonyl (C=O) groups excluding carboxylic acids is 3. The number of amides is 3. The molecule has 1 unspecified atom stereocenters. The zero-order chi connectivity index (χ0) is 37.9. The molecule has 0 bridgehead atoms. The van der Waals surface area contributed by atoms with Crippen LogP contribution < -0.4 is 31.3 Å². The molecule has 11 nitrogen and oxygen atoms in total. The molecular formula is C40H42IN3O8PS+. The van der Waals surface area contributed by atoms with E-state index in [-0.39, 0.29) is 46.7 Å². The van der Waals surface area contributed by atoms with Crippen molar-refractivity contribution in [3.8, 4) is 11.5 Å². The maximum Gasteiger partial charge on any atom is 0.408 e. The van der Waals surface area contributed by atoms with Gasteiger partial charge in [-0.15, -0.1) is 35.7 Å². The summed E-state index contributed by atoms with van der Waals surface area (Å²) in [7, 11) is -1.14. The molecule has 14 heteroatoms. The van der Waals surface area contributed by atoms with Crippen LogP contribution in [0.15, 0.2) is 120 Å². The Hall–Kier alpha value is -4.59. The number of halogens is 1. The molecule has 0 aliphatic carbocycles. The van der Waals surface area contributed by atoms with E-state index in [0.717, 1.165) is 15.9 Å². The molecule has 0 radical (unpaired) electrons. The summed E-state index contributed by atoms with van der Waals surface area (Å²) in [5.74, 6) is -2.31. The van der Waals surface area contributed by atoms with Gasteiger partial charge >= 0.3 is 12.1 Å². The Morgan fingerprint density at radius 3 is 1.93 bits per heavy atom. The number of phenols is 1. The molecule has 54 heavy (non-hydrogen) atoms. The number of phenolic OH excluding ortho intramolecular Hbond substituents is 1. The number of alkyl carbamates (subject to hydrolysis) is 1. The molecule has 2 aliphatic heterocycles. The van der Waals surface area contributed by atoms with E-state index in [1.165, 1.54) is 42.0 Å². The summed E-state index contributed by atoms with van der Waals surface area (Å²) in [5.41, 5.74) is -0.0514. The fourth-order valence-electron chi connectivity index (χ4n) is 6.70. The maximum absolute atomic E-state index is 13.9. The predicted molar refractivity (Wildman–Crippen MR) is 222 cm³/mol. The van der Waals surface area contributed by atoms with Gasteiger partial charge in [0, 0.05) is 11.3 Å². The summed E-state index contributed by atoms with van der Waals surface area (Å²) in [6.45, 7) is 5.04. The van der Waals surface area contributed by atoms with E-state index >= 15 is 0 Å². The molecule has 0 spiro atoms. The lowest BCUT2D eigenvalue weighted by Gasteiger charge is -2.49. The average molecular weight is 883 g/mol. The van der Waals surface area contributed by atoms with Crippen LogP contribution in [0.3, 0.4) is 0 Å². The van der Waals surface area contributed by atoms with Crippen molar-refractivity contribution in [1.29, 1.82) is 0 Å². The number of fused-ring (bicyclic) bond motifs is 1. The lowest BCUT2D eigenvalue weighted by atomic mass is 10.0. The molecular weight excluding hydrogens is 840 g/mol. The van der Waals surface area contributed by atoms with E-state index in [4.69, 9.17) is 9.47 Å². The second-order valence-electron chi connectivity index (χ2n) is 13.6. The summed E-state index contributed by atoms with van der Waals surface area (Å²) in [6.07, 6.45) is -0.487. The van der Waals surface area contributed by atoms with Crippen molar-refractivity contribution in [2.75, 3.05) is 19.0 Å². The SMILES string of the molecule is COc1cc(C(NC(=O)OC(C)(C)C)C(=O)N[C@@H]2C(=O)N3C(C(=O)O)=C(C[P+](c4ccccc4)(c4ccccc4)c4ccccc4)CS[C@@H]23)ccc1O.I. The Morgan fingerprint density at radius 1 is 0.907 bits per heavy atom. The summed E-state index contributed by atoms with van der Waals surface area (Å²) in [5, 5.41) is 28.7. The first-order valence-electron chi connectivity index (χ1n) is 17.0. The van der Waals surface area contributed by atoms with E-state index in [9.17, 15) is 29.4 Å². The fraction of sp³-hybridized carbons (Fsp3) is 0.250. The van der Waals surface area contributed by atoms with E-state index < -0.39 is 54.2 Å². The maximum atomic E-state index is 13.9. The monoisotopic (exact) mass is 882 g/mol. The molecule has 1 fully saturated rings. The number of carbonyl (C=O) groups is 4. The molecule has 4 aromatic rings. The first-order valence-corrected chi connectivity index (χ1v) is 20.0. The standard InChI is InChI=1S/C40H40N3O8PS.HI/c1-40(2,3)51-39(49)42-32(25-20-21-30(44)31(22-25)50-4)35(45)41-33-36(46)43-34(38(47)48)26(24-53-37(33)43)23-52(27-14-8-5-9-15-27,28-16-10-6-11-17-28)29-18-12-7-13-19-29;/h5-22,32-33,37H,23-24H2,1-4H3,(H3-,41,42,44,45,47,48,49);1H/p+1/t32?,33-,37+;/m1./s1.